The molecule has 11 heteroatoms. The molecule has 126 valence electrons. The van der Waals surface area contributed by atoms with Crippen molar-refractivity contribution in [2.75, 3.05) is 5.75 Å². The van der Waals surface area contributed by atoms with E-state index in [1.807, 2.05) is 0 Å². The third-order valence-corrected chi connectivity index (χ3v) is 5.07. The van der Waals surface area contributed by atoms with Crippen LogP contribution >= 0.6 is 11.8 Å². The van der Waals surface area contributed by atoms with E-state index >= 15 is 0 Å². The van der Waals surface area contributed by atoms with Crippen LogP contribution < -0.4 is 5.32 Å². The molecule has 1 aromatic rings. The Kier molecular flexibility index (Phi) is 3.79. The maximum absolute atomic E-state index is 12.2. The fraction of sp³-hybridized carbons (Fsp3) is 0.308. The smallest absolute Gasteiger partial charge is 0.433 e. The van der Waals surface area contributed by atoms with E-state index in [4.69, 9.17) is 4.42 Å². The Morgan fingerprint density at radius 1 is 1.50 bits per heavy atom. The molecular formula is C13H11N3O7S. The summed E-state index contributed by atoms with van der Waals surface area (Å²) in [6, 6.07) is 1.26. The van der Waals surface area contributed by atoms with Gasteiger partial charge < -0.3 is 14.8 Å². The summed E-state index contributed by atoms with van der Waals surface area (Å²) in [7, 11) is 0. The minimum Gasteiger partial charge on any atom is -0.477 e. The van der Waals surface area contributed by atoms with Crippen LogP contribution in [0.2, 0.25) is 0 Å². The van der Waals surface area contributed by atoms with Crippen molar-refractivity contribution in [2.45, 2.75) is 18.3 Å². The Hall–Kier alpha value is -2.82. The fourth-order valence-corrected chi connectivity index (χ4v) is 3.83. The van der Waals surface area contributed by atoms with Gasteiger partial charge in [0.25, 0.3) is 11.8 Å². The first kappa shape index (κ1) is 16.1. The molecular weight excluding hydrogens is 342 g/mol. The molecule has 2 N–H and O–H groups in total. The Morgan fingerprint density at radius 3 is 2.79 bits per heavy atom. The minimum absolute atomic E-state index is 0.0668. The molecule has 3 rings (SSSR count). The van der Waals surface area contributed by atoms with E-state index < -0.39 is 40.0 Å². The third-order valence-electron chi connectivity index (χ3n) is 3.64. The third kappa shape index (κ3) is 2.42. The number of aliphatic carboxylic acids is 1. The highest BCUT2D eigenvalue weighted by Gasteiger charge is 2.53. The van der Waals surface area contributed by atoms with Gasteiger partial charge in [-0.3, -0.25) is 24.6 Å². The van der Waals surface area contributed by atoms with Crippen LogP contribution in [0.5, 0.6) is 0 Å². The number of hydrogen-bond acceptors (Lipinski definition) is 7. The van der Waals surface area contributed by atoms with Crippen LogP contribution in [0.4, 0.5) is 5.88 Å². The lowest BCUT2D eigenvalue weighted by molar-refractivity contribution is -0.402. The fourth-order valence-electron chi connectivity index (χ4n) is 2.54. The van der Waals surface area contributed by atoms with Crippen LogP contribution in [0.3, 0.4) is 0 Å². The quantitative estimate of drug-likeness (QED) is 0.454. The second-order valence-corrected chi connectivity index (χ2v) is 6.30. The van der Waals surface area contributed by atoms with Crippen molar-refractivity contribution in [3.8, 4) is 0 Å². The van der Waals surface area contributed by atoms with Crippen molar-refractivity contribution in [1.82, 2.24) is 10.2 Å². The highest BCUT2D eigenvalue weighted by molar-refractivity contribution is 8.00. The number of nitrogens with one attached hydrogen (secondary N) is 1. The zero-order valence-corrected chi connectivity index (χ0v) is 13.0. The summed E-state index contributed by atoms with van der Waals surface area (Å²) in [5, 5.41) is 21.7. The lowest BCUT2D eigenvalue weighted by Gasteiger charge is -2.49. The van der Waals surface area contributed by atoms with Crippen LogP contribution in [0.15, 0.2) is 27.8 Å². The van der Waals surface area contributed by atoms with Gasteiger partial charge in [-0.05, 0) is 18.6 Å². The first-order chi connectivity index (χ1) is 11.3. The van der Waals surface area contributed by atoms with Crippen LogP contribution in [0.1, 0.15) is 17.5 Å². The number of carbonyl (C=O) groups excluding carboxylic acids is 2. The minimum atomic E-state index is -1.20. The number of fused-ring (bicyclic) bond motifs is 1. The van der Waals surface area contributed by atoms with Gasteiger partial charge in [0.05, 0.1) is 6.07 Å². The van der Waals surface area contributed by atoms with E-state index in [1.165, 1.54) is 11.8 Å². The molecule has 0 aromatic carbocycles. The zero-order chi connectivity index (χ0) is 17.6. The molecule has 0 bridgehead atoms. The van der Waals surface area contributed by atoms with Crippen molar-refractivity contribution >= 4 is 35.4 Å². The van der Waals surface area contributed by atoms with Gasteiger partial charge in [0.1, 0.15) is 22.0 Å². The molecule has 24 heavy (non-hydrogen) atoms. The largest absolute Gasteiger partial charge is 0.477 e. The van der Waals surface area contributed by atoms with E-state index in [0.29, 0.717) is 11.3 Å². The Labute approximate surface area is 138 Å². The van der Waals surface area contributed by atoms with E-state index in [2.05, 4.69) is 5.32 Å². The topological polar surface area (TPSA) is 143 Å². The normalized spacial score (nSPS) is 22.7. The highest BCUT2D eigenvalue weighted by Crippen LogP contribution is 2.40. The van der Waals surface area contributed by atoms with Gasteiger partial charge in [0.2, 0.25) is 0 Å². The second kappa shape index (κ2) is 5.67. The average molecular weight is 353 g/mol. The number of furan rings is 1. The number of β-lactam (4-membered cyclic amide) rings is 1. The van der Waals surface area contributed by atoms with E-state index in [0.717, 1.165) is 17.0 Å². The number of rotatable bonds is 4. The molecule has 2 unspecified atom stereocenters. The van der Waals surface area contributed by atoms with E-state index in [-0.39, 0.29) is 11.5 Å². The summed E-state index contributed by atoms with van der Waals surface area (Å²) < 4.78 is 4.78. The predicted molar refractivity (Wildman–Crippen MR) is 80.0 cm³/mol. The molecule has 0 aliphatic carbocycles. The number of carbonyl (C=O) groups is 3. The number of nitro groups is 1. The summed E-state index contributed by atoms with van der Waals surface area (Å²) in [6.45, 7) is 1.63. The zero-order valence-electron chi connectivity index (χ0n) is 12.2. The average Bonchev–Trinajstić information content (AvgIpc) is 3.02. The van der Waals surface area contributed by atoms with Crippen molar-refractivity contribution in [2.24, 2.45) is 0 Å². The van der Waals surface area contributed by atoms with Crippen LogP contribution in [-0.4, -0.2) is 49.9 Å². The van der Waals surface area contributed by atoms with Gasteiger partial charge in [-0.25, -0.2) is 4.79 Å². The molecule has 0 spiro atoms. The number of hydrogen-bond donors (Lipinski definition) is 2. The highest BCUT2D eigenvalue weighted by atomic mass is 32.2. The Bertz CT molecular complexity index is 799. The van der Waals surface area contributed by atoms with Gasteiger partial charge in [0, 0.05) is 5.75 Å². The molecule has 3 heterocycles. The molecule has 0 radical (unpaired) electrons. The van der Waals surface area contributed by atoms with Crippen molar-refractivity contribution in [1.29, 1.82) is 0 Å². The molecule has 1 aromatic heterocycles. The van der Waals surface area contributed by atoms with Crippen LogP contribution in [-0.2, 0) is 9.59 Å². The van der Waals surface area contributed by atoms with Gasteiger partial charge in [-0.1, -0.05) is 0 Å². The maximum atomic E-state index is 12.2. The Morgan fingerprint density at radius 2 is 2.21 bits per heavy atom. The maximum Gasteiger partial charge on any atom is 0.433 e. The summed E-state index contributed by atoms with van der Waals surface area (Å²) >= 11 is 1.33. The molecule has 2 aliphatic rings. The standard InChI is InChI=1S/C13H11N3O7S/c1-5-4-24-12-8(11(18)15(12)9(5)13(19)20)14-10(17)6-2-3-7(23-6)16(21)22/h2-3,8,12H,4H2,1H3,(H,14,17)(H,19,20). The molecule has 0 saturated carbocycles. The van der Waals surface area contributed by atoms with E-state index in [1.54, 1.807) is 6.92 Å². The molecule has 2 aliphatic heterocycles. The van der Waals surface area contributed by atoms with Crippen LogP contribution in [0.25, 0.3) is 0 Å². The number of carboxylic acids is 1. The van der Waals surface area contributed by atoms with E-state index in [9.17, 15) is 29.6 Å². The first-order valence-electron chi connectivity index (χ1n) is 6.74. The lowest BCUT2D eigenvalue weighted by Crippen LogP contribution is -2.70. The van der Waals surface area contributed by atoms with Crippen molar-refractivity contribution in [3.63, 3.8) is 0 Å². The monoisotopic (exact) mass is 353 g/mol. The number of amides is 2. The van der Waals surface area contributed by atoms with Gasteiger partial charge >= 0.3 is 11.9 Å². The summed E-state index contributed by atoms with van der Waals surface area (Å²) in [5.41, 5.74) is 0.506. The molecule has 1 fully saturated rings. The SMILES string of the molecule is CC1=C(C(=O)O)N2C(=O)C(NC(=O)c3ccc([N+](=O)[O-])o3)C2SC1. The van der Waals surface area contributed by atoms with Crippen LogP contribution in [0, 0.1) is 10.1 Å². The summed E-state index contributed by atoms with van der Waals surface area (Å²) in [4.78, 5) is 46.4. The summed E-state index contributed by atoms with van der Waals surface area (Å²) in [5.74, 6) is -2.96. The predicted octanol–water partition coefficient (Wildman–Crippen LogP) is 0.560. The van der Waals surface area contributed by atoms with Gasteiger partial charge in [-0.15, -0.1) is 11.8 Å². The first-order valence-corrected chi connectivity index (χ1v) is 7.79. The van der Waals surface area contributed by atoms with Gasteiger partial charge in [-0.2, -0.15) is 0 Å². The summed E-state index contributed by atoms with van der Waals surface area (Å²) in [6.07, 6.45) is 0. The number of nitrogens with zero attached hydrogens (tertiary/aromatic N) is 2. The molecule has 2 atom stereocenters. The molecule has 1 saturated heterocycles. The number of thioether (sulfide) groups is 1. The lowest BCUT2D eigenvalue weighted by atomic mass is 10.0. The van der Waals surface area contributed by atoms with Crippen molar-refractivity contribution in [3.05, 3.63) is 39.3 Å². The number of carboxylic acid groups (broad SMARTS) is 1. The Balaban J connectivity index is 1.74. The van der Waals surface area contributed by atoms with Crippen molar-refractivity contribution < 1.29 is 28.8 Å². The molecule has 2 amide bonds. The second-order valence-electron chi connectivity index (χ2n) is 5.19. The van der Waals surface area contributed by atoms with Gasteiger partial charge in [0.15, 0.2) is 5.76 Å². The molecule has 10 nitrogen and oxygen atoms in total.